The Morgan fingerprint density at radius 1 is 1.33 bits per heavy atom. The van der Waals surface area contributed by atoms with Crippen LogP contribution in [-0.2, 0) is 9.47 Å². The van der Waals surface area contributed by atoms with Crippen LogP contribution in [0.2, 0.25) is 0 Å². The lowest BCUT2D eigenvalue weighted by atomic mass is 10.1. The third kappa shape index (κ3) is 3.40. The van der Waals surface area contributed by atoms with Gasteiger partial charge in [-0.1, -0.05) is 11.3 Å². The van der Waals surface area contributed by atoms with Gasteiger partial charge < -0.3 is 14.5 Å². The van der Waals surface area contributed by atoms with Gasteiger partial charge in [-0.2, -0.15) is 0 Å². The van der Waals surface area contributed by atoms with Crippen molar-refractivity contribution in [2.45, 2.75) is 13.8 Å². The molecule has 0 bridgehead atoms. The maximum absolute atomic E-state index is 12.9. The van der Waals surface area contributed by atoms with E-state index in [0.717, 1.165) is 11.3 Å². The quantitative estimate of drug-likeness (QED) is 0.526. The number of nitrogens with zero attached hydrogens (tertiary/aromatic N) is 2. The number of nitrogens with one attached hydrogen (secondary N) is 1. The van der Waals surface area contributed by atoms with Crippen LogP contribution in [0.3, 0.4) is 0 Å². The average molecular weight is 405 g/mol. The molecule has 0 aliphatic heterocycles. The van der Waals surface area contributed by atoms with E-state index in [0.29, 0.717) is 27.0 Å². The zero-order chi connectivity index (χ0) is 19.7. The van der Waals surface area contributed by atoms with E-state index in [1.165, 1.54) is 29.9 Å². The minimum absolute atomic E-state index is 0.0960. The first-order valence-corrected chi connectivity index (χ1v) is 9.12. The molecule has 0 spiro atoms. The number of esters is 2. The molecule has 0 saturated carbocycles. The Morgan fingerprint density at radius 2 is 2.07 bits per heavy atom. The summed E-state index contributed by atoms with van der Waals surface area (Å²) in [5.41, 5.74) is 0.746. The molecule has 2 heterocycles. The monoisotopic (exact) mass is 405 g/mol. The number of hydrogen-bond donors (Lipinski definition) is 1. The summed E-state index contributed by atoms with van der Waals surface area (Å²) in [5, 5.41) is 0.586. The molecule has 3 rings (SSSR count). The third-order valence-electron chi connectivity index (χ3n) is 3.76. The largest absolute Gasteiger partial charge is 0.465 e. The van der Waals surface area contributed by atoms with Gasteiger partial charge in [-0.25, -0.2) is 19.1 Å². The van der Waals surface area contributed by atoms with E-state index in [9.17, 15) is 14.4 Å². The predicted octanol–water partition coefficient (Wildman–Crippen LogP) is 2.78. The zero-order valence-corrected chi connectivity index (χ0v) is 16.3. The van der Waals surface area contributed by atoms with Gasteiger partial charge in [0.25, 0.3) is 5.56 Å². The van der Waals surface area contributed by atoms with Gasteiger partial charge in [-0.15, -0.1) is 0 Å². The summed E-state index contributed by atoms with van der Waals surface area (Å²) < 4.78 is 11.0. The maximum Gasteiger partial charge on any atom is 0.350 e. The van der Waals surface area contributed by atoms with Gasteiger partial charge in [0.05, 0.1) is 35.9 Å². The van der Waals surface area contributed by atoms with E-state index >= 15 is 0 Å². The standard InChI is InChI=1S/C17H15N3O5S2/c1-4-25-15(23)12-8(2)18-17(27-12)20-13(21)10-6-5-9(14(22)24-3)7-11(10)19-16(20)26/h5-7H,4H2,1-3H3,(H,19,26). The van der Waals surface area contributed by atoms with E-state index in [4.69, 9.17) is 17.0 Å². The van der Waals surface area contributed by atoms with E-state index in [1.54, 1.807) is 13.8 Å². The van der Waals surface area contributed by atoms with Crippen molar-refractivity contribution in [3.63, 3.8) is 0 Å². The van der Waals surface area contributed by atoms with Crippen LogP contribution in [0.5, 0.6) is 0 Å². The van der Waals surface area contributed by atoms with Crippen molar-refractivity contribution in [3.8, 4) is 5.13 Å². The number of carbonyl (C=O) groups is 2. The van der Waals surface area contributed by atoms with E-state index in [1.807, 2.05) is 0 Å². The van der Waals surface area contributed by atoms with Crippen LogP contribution in [0.25, 0.3) is 16.0 Å². The molecule has 1 aromatic carbocycles. The van der Waals surface area contributed by atoms with Crippen LogP contribution >= 0.6 is 23.6 Å². The molecule has 0 aliphatic rings. The Morgan fingerprint density at radius 3 is 2.74 bits per heavy atom. The van der Waals surface area contributed by atoms with E-state index in [2.05, 4.69) is 14.7 Å². The van der Waals surface area contributed by atoms with Crippen molar-refractivity contribution in [1.29, 1.82) is 0 Å². The number of aromatic amines is 1. The fraction of sp³-hybridized carbons (Fsp3) is 0.235. The van der Waals surface area contributed by atoms with Crippen LogP contribution in [0, 0.1) is 11.7 Å². The molecule has 0 radical (unpaired) electrons. The molecular weight excluding hydrogens is 390 g/mol. The zero-order valence-electron chi connectivity index (χ0n) is 14.7. The number of ether oxygens (including phenoxy) is 2. The molecule has 0 amide bonds. The number of H-pyrrole nitrogens is 1. The number of hydrogen-bond acceptors (Lipinski definition) is 8. The Hall–Kier alpha value is -2.85. The molecule has 0 saturated heterocycles. The molecule has 0 aliphatic carbocycles. The lowest BCUT2D eigenvalue weighted by molar-refractivity contribution is 0.0530. The first kappa shape index (κ1) is 18.9. The van der Waals surface area contributed by atoms with Gasteiger partial charge in [-0.3, -0.25) is 4.79 Å². The first-order valence-electron chi connectivity index (χ1n) is 7.89. The van der Waals surface area contributed by atoms with Gasteiger partial charge >= 0.3 is 11.9 Å². The number of fused-ring (bicyclic) bond motifs is 1. The second-order valence-electron chi connectivity index (χ2n) is 5.45. The smallest absolute Gasteiger partial charge is 0.350 e. The number of aryl methyl sites for hydroxylation is 1. The molecule has 1 N–H and O–H groups in total. The minimum Gasteiger partial charge on any atom is -0.465 e. The number of aromatic nitrogens is 3. The molecule has 2 aromatic heterocycles. The van der Waals surface area contributed by atoms with Crippen molar-refractivity contribution >= 4 is 46.4 Å². The molecule has 0 atom stereocenters. The summed E-state index contributed by atoms with van der Waals surface area (Å²) in [4.78, 5) is 44.1. The molecule has 0 unspecified atom stereocenters. The molecule has 27 heavy (non-hydrogen) atoms. The Kier molecular flexibility index (Phi) is 5.19. The van der Waals surface area contributed by atoms with Gasteiger partial charge in [0, 0.05) is 0 Å². The second-order valence-corrected chi connectivity index (χ2v) is 6.82. The lowest BCUT2D eigenvalue weighted by Gasteiger charge is -2.06. The highest BCUT2D eigenvalue weighted by Gasteiger charge is 2.19. The van der Waals surface area contributed by atoms with Gasteiger partial charge in [0.15, 0.2) is 9.90 Å². The Balaban J connectivity index is 2.18. The summed E-state index contributed by atoms with van der Waals surface area (Å²) in [5.74, 6) is -1.01. The number of benzene rings is 1. The fourth-order valence-corrected chi connectivity index (χ4v) is 3.80. The number of rotatable bonds is 4. The summed E-state index contributed by atoms with van der Waals surface area (Å²) in [6.45, 7) is 3.61. The topological polar surface area (TPSA) is 103 Å². The van der Waals surface area contributed by atoms with Gasteiger partial charge in [0.1, 0.15) is 4.88 Å². The summed E-state index contributed by atoms with van der Waals surface area (Å²) in [6, 6.07) is 4.51. The second kappa shape index (κ2) is 7.41. The highest BCUT2D eigenvalue weighted by Crippen LogP contribution is 2.22. The fourth-order valence-electron chi connectivity index (χ4n) is 2.50. The molecule has 0 fully saturated rings. The Bertz CT molecular complexity index is 1180. The molecule has 140 valence electrons. The third-order valence-corrected chi connectivity index (χ3v) is 5.16. The van der Waals surface area contributed by atoms with Crippen LogP contribution in [0.1, 0.15) is 32.6 Å². The minimum atomic E-state index is -0.518. The van der Waals surface area contributed by atoms with Gasteiger partial charge in [0.2, 0.25) is 0 Å². The molecule has 3 aromatic rings. The van der Waals surface area contributed by atoms with E-state index < -0.39 is 17.5 Å². The number of carbonyl (C=O) groups excluding carboxylic acids is 2. The van der Waals surface area contributed by atoms with Crippen molar-refractivity contribution in [1.82, 2.24) is 14.5 Å². The highest BCUT2D eigenvalue weighted by atomic mass is 32.1. The molecular formula is C17H15N3O5S2. The number of thiazole rings is 1. The van der Waals surface area contributed by atoms with Crippen LogP contribution in [-0.4, -0.2) is 40.2 Å². The summed E-state index contributed by atoms with van der Waals surface area (Å²) >= 11 is 6.32. The predicted molar refractivity (Wildman–Crippen MR) is 102 cm³/mol. The molecule has 8 nitrogen and oxygen atoms in total. The average Bonchev–Trinajstić information content (AvgIpc) is 3.02. The lowest BCUT2D eigenvalue weighted by Crippen LogP contribution is -2.20. The SMILES string of the molecule is CCOC(=O)c1sc(-n2c(=S)[nH]c3cc(C(=O)OC)ccc3c2=O)nc1C. The first-order chi connectivity index (χ1) is 12.9. The summed E-state index contributed by atoms with van der Waals surface area (Å²) in [7, 11) is 1.28. The van der Waals surface area contributed by atoms with Crippen molar-refractivity contribution in [2.24, 2.45) is 0 Å². The summed E-state index contributed by atoms with van der Waals surface area (Å²) in [6.07, 6.45) is 0. The van der Waals surface area contributed by atoms with Crippen molar-refractivity contribution in [3.05, 3.63) is 49.5 Å². The maximum atomic E-state index is 12.9. The normalized spacial score (nSPS) is 10.8. The van der Waals surface area contributed by atoms with Gasteiger partial charge in [-0.05, 0) is 44.3 Å². The Labute approximate surface area is 162 Å². The van der Waals surface area contributed by atoms with E-state index in [-0.39, 0.29) is 16.5 Å². The van der Waals surface area contributed by atoms with Crippen LogP contribution < -0.4 is 5.56 Å². The number of methoxy groups -OCH3 is 1. The van der Waals surface area contributed by atoms with Crippen molar-refractivity contribution < 1.29 is 19.1 Å². The molecule has 10 heteroatoms. The van der Waals surface area contributed by atoms with Crippen LogP contribution in [0.4, 0.5) is 0 Å². The highest BCUT2D eigenvalue weighted by molar-refractivity contribution is 7.71. The van der Waals surface area contributed by atoms with Crippen molar-refractivity contribution in [2.75, 3.05) is 13.7 Å². The van der Waals surface area contributed by atoms with Crippen LogP contribution in [0.15, 0.2) is 23.0 Å².